The molecule has 94 valence electrons. The lowest BCUT2D eigenvalue weighted by Crippen LogP contribution is -2.14. The van der Waals surface area contributed by atoms with Crippen molar-refractivity contribution >= 4 is 23.2 Å². The SMILES string of the molecule is NC(CCC1CCCO1)c1cccc(Cl)c1Cl. The fraction of sp³-hybridized carbons (Fsp3) is 0.538. The lowest BCUT2D eigenvalue weighted by atomic mass is 10.00. The van der Waals surface area contributed by atoms with Gasteiger partial charge in [-0.1, -0.05) is 35.3 Å². The van der Waals surface area contributed by atoms with Crippen molar-refractivity contribution in [3.8, 4) is 0 Å². The molecule has 0 radical (unpaired) electrons. The number of halogens is 2. The monoisotopic (exact) mass is 273 g/mol. The van der Waals surface area contributed by atoms with Crippen LogP contribution in [0.25, 0.3) is 0 Å². The van der Waals surface area contributed by atoms with Gasteiger partial charge in [-0.05, 0) is 37.3 Å². The Balaban J connectivity index is 1.94. The summed E-state index contributed by atoms with van der Waals surface area (Å²) in [6, 6.07) is 5.54. The van der Waals surface area contributed by atoms with E-state index in [1.54, 1.807) is 6.07 Å². The molecule has 2 atom stereocenters. The number of hydrogen-bond donors (Lipinski definition) is 1. The van der Waals surface area contributed by atoms with Gasteiger partial charge in [0.2, 0.25) is 0 Å². The maximum absolute atomic E-state index is 6.14. The second-order valence-corrected chi connectivity index (χ2v) is 5.25. The Bertz CT molecular complexity index is 378. The van der Waals surface area contributed by atoms with Crippen LogP contribution in [0.15, 0.2) is 18.2 Å². The summed E-state index contributed by atoms with van der Waals surface area (Å²) >= 11 is 12.1. The minimum absolute atomic E-state index is 0.0644. The molecule has 0 aliphatic carbocycles. The highest BCUT2D eigenvalue weighted by atomic mass is 35.5. The van der Waals surface area contributed by atoms with Crippen molar-refractivity contribution < 1.29 is 4.74 Å². The summed E-state index contributed by atoms with van der Waals surface area (Å²) in [5, 5.41) is 1.14. The zero-order chi connectivity index (χ0) is 12.3. The van der Waals surface area contributed by atoms with Crippen LogP contribution >= 0.6 is 23.2 Å². The number of benzene rings is 1. The molecule has 1 aromatic rings. The van der Waals surface area contributed by atoms with Crippen molar-refractivity contribution in [2.24, 2.45) is 5.73 Å². The van der Waals surface area contributed by atoms with Gasteiger partial charge in [-0.2, -0.15) is 0 Å². The molecule has 0 amide bonds. The number of nitrogens with two attached hydrogens (primary N) is 1. The van der Waals surface area contributed by atoms with Gasteiger partial charge < -0.3 is 10.5 Å². The highest BCUT2D eigenvalue weighted by molar-refractivity contribution is 6.42. The van der Waals surface area contributed by atoms with Crippen LogP contribution in [0.1, 0.15) is 37.3 Å². The highest BCUT2D eigenvalue weighted by Crippen LogP contribution is 2.31. The summed E-state index contributed by atoms with van der Waals surface area (Å²) in [5.74, 6) is 0. The van der Waals surface area contributed by atoms with E-state index in [1.807, 2.05) is 12.1 Å². The maximum atomic E-state index is 6.14. The van der Waals surface area contributed by atoms with Gasteiger partial charge in [0.05, 0.1) is 16.1 Å². The third-order valence-corrected chi connectivity index (χ3v) is 4.04. The van der Waals surface area contributed by atoms with Crippen molar-refractivity contribution in [2.45, 2.75) is 37.8 Å². The predicted octanol–water partition coefficient (Wildman–Crippen LogP) is 3.95. The van der Waals surface area contributed by atoms with Gasteiger partial charge in [-0.15, -0.1) is 0 Å². The van der Waals surface area contributed by atoms with E-state index in [2.05, 4.69) is 0 Å². The molecule has 1 aromatic carbocycles. The molecule has 17 heavy (non-hydrogen) atoms. The molecule has 0 saturated carbocycles. The standard InChI is InChI=1S/C13H17Cl2NO/c14-11-5-1-4-10(13(11)15)12(16)7-6-9-3-2-8-17-9/h1,4-5,9,12H,2-3,6-8,16H2. The summed E-state index contributed by atoms with van der Waals surface area (Å²) in [6.45, 7) is 0.887. The molecule has 2 N–H and O–H groups in total. The number of hydrogen-bond acceptors (Lipinski definition) is 2. The molecule has 2 nitrogen and oxygen atoms in total. The van der Waals surface area contributed by atoms with Gasteiger partial charge in [0.15, 0.2) is 0 Å². The first kappa shape index (κ1) is 13.2. The van der Waals surface area contributed by atoms with Crippen molar-refractivity contribution in [2.75, 3.05) is 6.61 Å². The molecule has 0 spiro atoms. The molecule has 0 bridgehead atoms. The third kappa shape index (κ3) is 3.35. The molecule has 1 heterocycles. The fourth-order valence-electron chi connectivity index (χ4n) is 2.20. The van der Waals surface area contributed by atoms with Crippen molar-refractivity contribution in [1.82, 2.24) is 0 Å². The van der Waals surface area contributed by atoms with Crippen LogP contribution in [0.2, 0.25) is 10.0 Å². The fourth-order valence-corrected chi connectivity index (χ4v) is 2.65. The van der Waals surface area contributed by atoms with Crippen LogP contribution in [0, 0.1) is 0 Å². The molecule has 1 aliphatic heterocycles. The quantitative estimate of drug-likeness (QED) is 0.902. The van der Waals surface area contributed by atoms with E-state index in [1.165, 1.54) is 0 Å². The topological polar surface area (TPSA) is 35.2 Å². The molecule has 1 aliphatic rings. The van der Waals surface area contributed by atoms with Gasteiger partial charge in [0, 0.05) is 12.6 Å². The Morgan fingerprint density at radius 1 is 1.41 bits per heavy atom. The lowest BCUT2D eigenvalue weighted by Gasteiger charge is -2.16. The minimum Gasteiger partial charge on any atom is -0.378 e. The molecule has 2 unspecified atom stereocenters. The summed E-state index contributed by atoms with van der Waals surface area (Å²) in [5.41, 5.74) is 7.07. The first-order chi connectivity index (χ1) is 8.18. The Morgan fingerprint density at radius 3 is 2.94 bits per heavy atom. The smallest absolute Gasteiger partial charge is 0.0639 e. The van der Waals surface area contributed by atoms with Gasteiger partial charge in [0.25, 0.3) is 0 Å². The van der Waals surface area contributed by atoms with E-state index in [0.29, 0.717) is 16.1 Å². The second-order valence-electron chi connectivity index (χ2n) is 4.46. The molecule has 0 aromatic heterocycles. The van der Waals surface area contributed by atoms with E-state index in [-0.39, 0.29) is 6.04 Å². The zero-order valence-electron chi connectivity index (χ0n) is 9.66. The lowest BCUT2D eigenvalue weighted by molar-refractivity contribution is 0.101. The molecule has 1 saturated heterocycles. The minimum atomic E-state index is -0.0644. The third-order valence-electron chi connectivity index (χ3n) is 3.20. The van der Waals surface area contributed by atoms with Gasteiger partial charge in [-0.3, -0.25) is 0 Å². The van der Waals surface area contributed by atoms with Crippen LogP contribution in [-0.4, -0.2) is 12.7 Å². The van der Waals surface area contributed by atoms with Gasteiger partial charge in [0.1, 0.15) is 0 Å². The zero-order valence-corrected chi connectivity index (χ0v) is 11.2. The molecule has 2 rings (SSSR count). The first-order valence-corrected chi connectivity index (χ1v) is 6.75. The average Bonchev–Trinajstić information content (AvgIpc) is 2.82. The molecular weight excluding hydrogens is 257 g/mol. The summed E-state index contributed by atoms with van der Waals surface area (Å²) in [4.78, 5) is 0. The van der Waals surface area contributed by atoms with E-state index in [4.69, 9.17) is 33.7 Å². The average molecular weight is 274 g/mol. The van der Waals surface area contributed by atoms with Crippen LogP contribution in [0.3, 0.4) is 0 Å². The van der Waals surface area contributed by atoms with Crippen molar-refractivity contribution in [3.05, 3.63) is 33.8 Å². The van der Waals surface area contributed by atoms with E-state index in [0.717, 1.165) is 37.9 Å². The molecular formula is C13H17Cl2NO. The first-order valence-electron chi connectivity index (χ1n) is 5.99. The van der Waals surface area contributed by atoms with Crippen LogP contribution in [-0.2, 0) is 4.74 Å². The largest absolute Gasteiger partial charge is 0.378 e. The van der Waals surface area contributed by atoms with Crippen LogP contribution < -0.4 is 5.73 Å². The van der Waals surface area contributed by atoms with E-state index >= 15 is 0 Å². The number of rotatable bonds is 4. The number of ether oxygens (including phenoxy) is 1. The summed E-state index contributed by atoms with van der Waals surface area (Å²) < 4.78 is 5.58. The highest BCUT2D eigenvalue weighted by Gasteiger charge is 2.18. The Labute approximate surface area is 112 Å². The van der Waals surface area contributed by atoms with Crippen molar-refractivity contribution in [1.29, 1.82) is 0 Å². The molecule has 4 heteroatoms. The van der Waals surface area contributed by atoms with Crippen LogP contribution in [0.5, 0.6) is 0 Å². The second kappa shape index (κ2) is 6.05. The Hall–Kier alpha value is -0.280. The van der Waals surface area contributed by atoms with Gasteiger partial charge in [-0.25, -0.2) is 0 Å². The van der Waals surface area contributed by atoms with Crippen LogP contribution in [0.4, 0.5) is 0 Å². The van der Waals surface area contributed by atoms with Crippen molar-refractivity contribution in [3.63, 3.8) is 0 Å². The summed E-state index contributed by atoms with van der Waals surface area (Å²) in [7, 11) is 0. The normalized spacial score (nSPS) is 21.7. The molecule has 1 fully saturated rings. The Kier molecular flexibility index (Phi) is 4.69. The van der Waals surface area contributed by atoms with E-state index in [9.17, 15) is 0 Å². The maximum Gasteiger partial charge on any atom is 0.0639 e. The Morgan fingerprint density at radius 2 is 2.24 bits per heavy atom. The summed E-state index contributed by atoms with van der Waals surface area (Å²) in [6.07, 6.45) is 4.56. The predicted molar refractivity (Wildman–Crippen MR) is 71.6 cm³/mol. The van der Waals surface area contributed by atoms with Gasteiger partial charge >= 0.3 is 0 Å². The van der Waals surface area contributed by atoms with E-state index < -0.39 is 0 Å².